The number of nitrogens with zero attached hydrogens (tertiary/aromatic N) is 3. The smallest absolute Gasteiger partial charge is 0.136 e. The van der Waals surface area contributed by atoms with E-state index in [1.54, 1.807) is 6.07 Å². The Labute approximate surface area is 136 Å². The molecule has 0 amide bonds. The van der Waals surface area contributed by atoms with E-state index in [9.17, 15) is 0 Å². The van der Waals surface area contributed by atoms with E-state index in [4.69, 9.17) is 5.26 Å². The molecule has 1 aromatic carbocycles. The van der Waals surface area contributed by atoms with Gasteiger partial charge < -0.3 is 10.6 Å². The molecule has 2 N–H and O–H groups in total. The molecular weight excluding hydrogens is 286 g/mol. The van der Waals surface area contributed by atoms with Crippen molar-refractivity contribution in [3.63, 3.8) is 0 Å². The summed E-state index contributed by atoms with van der Waals surface area (Å²) < 4.78 is 0. The van der Waals surface area contributed by atoms with E-state index in [2.05, 4.69) is 26.7 Å². The van der Waals surface area contributed by atoms with Crippen LogP contribution in [-0.2, 0) is 0 Å². The second-order valence-electron chi connectivity index (χ2n) is 5.98. The molecular formula is C18H21N5. The number of rotatable bonds is 4. The van der Waals surface area contributed by atoms with Gasteiger partial charge in [-0.25, -0.2) is 9.97 Å². The molecule has 3 rings (SSSR count). The van der Waals surface area contributed by atoms with Crippen LogP contribution in [0.15, 0.2) is 30.3 Å². The quantitative estimate of drug-likeness (QED) is 0.888. The van der Waals surface area contributed by atoms with Crippen LogP contribution in [0.3, 0.4) is 0 Å². The first-order valence-corrected chi connectivity index (χ1v) is 8.12. The minimum absolute atomic E-state index is 0.507. The summed E-state index contributed by atoms with van der Waals surface area (Å²) in [5.41, 5.74) is 1.48. The fourth-order valence-corrected chi connectivity index (χ4v) is 2.98. The van der Waals surface area contributed by atoms with Crippen molar-refractivity contribution in [3.8, 4) is 6.07 Å². The van der Waals surface area contributed by atoms with Crippen LogP contribution in [0.25, 0.3) is 0 Å². The number of nitrogens with one attached hydrogen (secondary N) is 2. The van der Waals surface area contributed by atoms with Gasteiger partial charge in [0.2, 0.25) is 0 Å². The van der Waals surface area contributed by atoms with Gasteiger partial charge in [0.05, 0.1) is 11.6 Å². The number of benzene rings is 1. The monoisotopic (exact) mass is 307 g/mol. The average molecular weight is 307 g/mol. The number of aryl methyl sites for hydroxylation is 1. The van der Waals surface area contributed by atoms with Crippen molar-refractivity contribution in [2.75, 3.05) is 10.6 Å². The summed E-state index contributed by atoms with van der Waals surface area (Å²) in [7, 11) is 0. The molecule has 1 aliphatic rings. The predicted octanol–water partition coefficient (Wildman–Crippen LogP) is 4.14. The van der Waals surface area contributed by atoms with Gasteiger partial charge in [0, 0.05) is 17.8 Å². The molecule has 0 spiro atoms. The van der Waals surface area contributed by atoms with Gasteiger partial charge in [-0.3, -0.25) is 0 Å². The molecule has 1 aromatic heterocycles. The minimum Gasteiger partial charge on any atom is -0.367 e. The maximum Gasteiger partial charge on any atom is 0.136 e. The van der Waals surface area contributed by atoms with E-state index in [-0.39, 0.29) is 0 Å². The molecule has 1 saturated carbocycles. The summed E-state index contributed by atoms with van der Waals surface area (Å²) in [5.74, 6) is 2.33. The standard InChI is InChI=1S/C18H21N5/c1-13-20-17(22-15-7-3-2-4-8-15)11-18(21-13)23-16-9-5-6-14(10-16)12-19/h5-6,9-11,15H,2-4,7-8H2,1H3,(H2,20,21,22,23). The molecule has 1 fully saturated rings. The van der Waals surface area contributed by atoms with Crippen molar-refractivity contribution >= 4 is 17.3 Å². The topological polar surface area (TPSA) is 73.6 Å². The van der Waals surface area contributed by atoms with Gasteiger partial charge in [-0.15, -0.1) is 0 Å². The average Bonchev–Trinajstić information content (AvgIpc) is 2.55. The summed E-state index contributed by atoms with van der Waals surface area (Å²) in [5, 5.41) is 15.8. The molecule has 0 aliphatic heterocycles. The highest BCUT2D eigenvalue weighted by Gasteiger charge is 2.14. The molecule has 1 heterocycles. The fraction of sp³-hybridized carbons (Fsp3) is 0.389. The zero-order valence-corrected chi connectivity index (χ0v) is 13.3. The molecule has 5 nitrogen and oxygen atoms in total. The molecule has 1 aliphatic carbocycles. The van der Waals surface area contributed by atoms with Crippen LogP contribution in [0.1, 0.15) is 43.5 Å². The van der Waals surface area contributed by atoms with Crippen LogP contribution in [0, 0.1) is 18.3 Å². The van der Waals surface area contributed by atoms with Crippen LogP contribution < -0.4 is 10.6 Å². The third-order valence-electron chi connectivity index (χ3n) is 4.06. The summed E-state index contributed by atoms with van der Waals surface area (Å²) in [6.45, 7) is 1.89. The van der Waals surface area contributed by atoms with Crippen LogP contribution in [0.4, 0.5) is 17.3 Å². The molecule has 0 saturated heterocycles. The van der Waals surface area contributed by atoms with Crippen molar-refractivity contribution in [2.45, 2.75) is 45.1 Å². The normalized spacial score (nSPS) is 15.0. The fourth-order valence-electron chi connectivity index (χ4n) is 2.98. The molecule has 23 heavy (non-hydrogen) atoms. The number of nitriles is 1. The van der Waals surface area contributed by atoms with Gasteiger partial charge in [-0.05, 0) is 38.0 Å². The van der Waals surface area contributed by atoms with Gasteiger partial charge in [0.1, 0.15) is 17.5 Å². The Bertz CT molecular complexity index is 714. The highest BCUT2D eigenvalue weighted by molar-refractivity contribution is 5.61. The van der Waals surface area contributed by atoms with E-state index in [0.717, 1.165) is 23.1 Å². The Morgan fingerprint density at radius 2 is 1.87 bits per heavy atom. The lowest BCUT2D eigenvalue weighted by molar-refractivity contribution is 0.462. The first-order chi connectivity index (χ1) is 11.2. The van der Waals surface area contributed by atoms with Gasteiger partial charge in [0.25, 0.3) is 0 Å². The molecule has 118 valence electrons. The third kappa shape index (κ3) is 4.19. The number of anilines is 3. The molecule has 2 aromatic rings. The highest BCUT2D eigenvalue weighted by Crippen LogP contribution is 2.23. The summed E-state index contributed by atoms with van der Waals surface area (Å²) >= 11 is 0. The van der Waals surface area contributed by atoms with E-state index < -0.39 is 0 Å². The molecule has 0 atom stereocenters. The Hall–Kier alpha value is -2.61. The maximum atomic E-state index is 8.99. The Kier molecular flexibility index (Phi) is 4.72. The second-order valence-corrected chi connectivity index (χ2v) is 5.98. The van der Waals surface area contributed by atoms with Gasteiger partial charge >= 0.3 is 0 Å². The van der Waals surface area contributed by atoms with E-state index in [0.29, 0.717) is 11.6 Å². The van der Waals surface area contributed by atoms with Crippen LogP contribution in [0.2, 0.25) is 0 Å². The minimum atomic E-state index is 0.507. The van der Waals surface area contributed by atoms with Gasteiger partial charge in [-0.1, -0.05) is 25.3 Å². The molecule has 0 radical (unpaired) electrons. The lowest BCUT2D eigenvalue weighted by atomic mass is 9.95. The van der Waals surface area contributed by atoms with Crippen LogP contribution in [-0.4, -0.2) is 16.0 Å². The first kappa shape index (κ1) is 15.3. The van der Waals surface area contributed by atoms with E-state index in [1.807, 2.05) is 31.2 Å². The van der Waals surface area contributed by atoms with Crippen LogP contribution >= 0.6 is 0 Å². The first-order valence-electron chi connectivity index (χ1n) is 8.12. The highest BCUT2D eigenvalue weighted by atomic mass is 15.1. The lowest BCUT2D eigenvalue weighted by Crippen LogP contribution is -2.23. The zero-order valence-electron chi connectivity index (χ0n) is 13.3. The van der Waals surface area contributed by atoms with Gasteiger partial charge in [-0.2, -0.15) is 5.26 Å². The Balaban J connectivity index is 1.75. The number of hydrogen-bond acceptors (Lipinski definition) is 5. The van der Waals surface area contributed by atoms with Gasteiger partial charge in [0.15, 0.2) is 0 Å². The second kappa shape index (κ2) is 7.10. The Morgan fingerprint density at radius 1 is 1.09 bits per heavy atom. The summed E-state index contributed by atoms with van der Waals surface area (Å²) in [4.78, 5) is 8.92. The SMILES string of the molecule is Cc1nc(Nc2cccc(C#N)c2)cc(NC2CCCCC2)n1. The largest absolute Gasteiger partial charge is 0.367 e. The third-order valence-corrected chi connectivity index (χ3v) is 4.06. The lowest BCUT2D eigenvalue weighted by Gasteiger charge is -2.23. The number of hydrogen-bond donors (Lipinski definition) is 2. The Morgan fingerprint density at radius 3 is 2.65 bits per heavy atom. The van der Waals surface area contributed by atoms with E-state index >= 15 is 0 Å². The zero-order chi connectivity index (χ0) is 16.1. The summed E-state index contributed by atoms with van der Waals surface area (Å²) in [6, 6.07) is 12.0. The van der Waals surface area contributed by atoms with E-state index in [1.165, 1.54) is 32.1 Å². The van der Waals surface area contributed by atoms with Crippen molar-refractivity contribution < 1.29 is 0 Å². The van der Waals surface area contributed by atoms with Crippen molar-refractivity contribution in [2.24, 2.45) is 0 Å². The maximum absolute atomic E-state index is 8.99. The van der Waals surface area contributed by atoms with Crippen LogP contribution in [0.5, 0.6) is 0 Å². The molecule has 5 heteroatoms. The molecule has 0 bridgehead atoms. The van der Waals surface area contributed by atoms with Crippen molar-refractivity contribution in [1.29, 1.82) is 5.26 Å². The van der Waals surface area contributed by atoms with Crippen molar-refractivity contribution in [1.82, 2.24) is 9.97 Å². The predicted molar refractivity (Wildman–Crippen MR) is 91.7 cm³/mol. The molecule has 0 unspecified atom stereocenters. The summed E-state index contributed by atoms with van der Waals surface area (Å²) in [6.07, 6.45) is 6.32. The van der Waals surface area contributed by atoms with Crippen molar-refractivity contribution in [3.05, 3.63) is 41.7 Å². The number of aromatic nitrogens is 2.